The maximum absolute atomic E-state index is 13.1. The lowest BCUT2D eigenvalue weighted by Crippen LogP contribution is -2.40. The van der Waals surface area contributed by atoms with Crippen LogP contribution in [0.2, 0.25) is 0 Å². The number of aryl methyl sites for hydroxylation is 1. The summed E-state index contributed by atoms with van der Waals surface area (Å²) in [5.41, 5.74) is 7.47. The van der Waals surface area contributed by atoms with E-state index in [9.17, 15) is 4.39 Å². The molecule has 0 heterocycles. The zero-order chi connectivity index (χ0) is 10.9. The van der Waals surface area contributed by atoms with Crippen molar-refractivity contribution in [2.75, 3.05) is 13.7 Å². The number of benzene rings is 1. The maximum Gasteiger partial charge on any atom is 0.123 e. The second-order valence-electron chi connectivity index (χ2n) is 4.06. The van der Waals surface area contributed by atoms with Crippen LogP contribution in [0.25, 0.3) is 0 Å². The molecule has 1 aromatic carbocycles. The highest BCUT2D eigenvalue weighted by molar-refractivity contribution is 5.35. The molecule has 0 amide bonds. The van der Waals surface area contributed by atoms with Gasteiger partial charge in [-0.05, 0) is 42.5 Å². The van der Waals surface area contributed by atoms with Crippen LogP contribution in [-0.2, 0) is 16.8 Å². The molecule has 1 atom stereocenters. The molecular formula is C12H16FNO. The van der Waals surface area contributed by atoms with E-state index in [4.69, 9.17) is 10.5 Å². The van der Waals surface area contributed by atoms with Gasteiger partial charge in [0.1, 0.15) is 11.4 Å². The molecule has 0 aromatic heterocycles. The van der Waals surface area contributed by atoms with Crippen LogP contribution >= 0.6 is 0 Å². The Balaban J connectivity index is 2.50. The number of ether oxygens (including phenoxy) is 1. The maximum atomic E-state index is 13.1. The van der Waals surface area contributed by atoms with E-state index in [-0.39, 0.29) is 5.82 Å². The summed E-state index contributed by atoms with van der Waals surface area (Å²) in [7, 11) is 1.67. The van der Waals surface area contributed by atoms with Crippen LogP contribution in [-0.4, -0.2) is 13.7 Å². The molecule has 3 heteroatoms. The van der Waals surface area contributed by atoms with Gasteiger partial charge >= 0.3 is 0 Å². The first kappa shape index (κ1) is 10.6. The number of nitrogens with two attached hydrogens (primary N) is 1. The molecule has 2 rings (SSSR count). The molecule has 0 saturated heterocycles. The third-order valence-electron chi connectivity index (χ3n) is 3.31. The molecule has 0 saturated carbocycles. The summed E-state index contributed by atoms with van der Waals surface area (Å²) >= 11 is 0. The average molecular weight is 209 g/mol. The van der Waals surface area contributed by atoms with E-state index in [0.717, 1.165) is 30.4 Å². The Bertz CT molecular complexity index is 361. The van der Waals surface area contributed by atoms with Gasteiger partial charge < -0.3 is 10.5 Å². The van der Waals surface area contributed by atoms with Gasteiger partial charge in [-0.3, -0.25) is 0 Å². The van der Waals surface area contributed by atoms with Crippen LogP contribution in [0.5, 0.6) is 0 Å². The number of hydrogen-bond donors (Lipinski definition) is 1. The van der Waals surface area contributed by atoms with Gasteiger partial charge in [0.25, 0.3) is 0 Å². The molecule has 2 nitrogen and oxygen atoms in total. The van der Waals surface area contributed by atoms with Crippen molar-refractivity contribution in [1.29, 1.82) is 0 Å². The highest BCUT2D eigenvalue weighted by Crippen LogP contribution is 2.37. The van der Waals surface area contributed by atoms with E-state index in [1.807, 2.05) is 0 Å². The van der Waals surface area contributed by atoms with E-state index in [2.05, 4.69) is 0 Å². The first-order chi connectivity index (χ1) is 7.22. The molecule has 1 aromatic rings. The number of hydrogen-bond acceptors (Lipinski definition) is 2. The molecule has 15 heavy (non-hydrogen) atoms. The second kappa shape index (κ2) is 3.91. The van der Waals surface area contributed by atoms with Crippen molar-refractivity contribution < 1.29 is 9.13 Å². The quantitative estimate of drug-likeness (QED) is 0.808. The zero-order valence-corrected chi connectivity index (χ0v) is 8.92. The summed E-state index contributed by atoms with van der Waals surface area (Å²) in [6.45, 7) is 0.447. The predicted octanol–water partition coefficient (Wildman–Crippen LogP) is 1.96. The minimum absolute atomic E-state index is 0.183. The molecule has 0 aliphatic heterocycles. The van der Waals surface area contributed by atoms with Gasteiger partial charge in [0.15, 0.2) is 0 Å². The topological polar surface area (TPSA) is 35.2 Å². The van der Waals surface area contributed by atoms with E-state index in [0.29, 0.717) is 6.54 Å². The second-order valence-corrected chi connectivity index (χ2v) is 4.06. The van der Waals surface area contributed by atoms with Crippen molar-refractivity contribution in [3.05, 3.63) is 35.1 Å². The zero-order valence-electron chi connectivity index (χ0n) is 8.92. The van der Waals surface area contributed by atoms with Crippen molar-refractivity contribution >= 4 is 0 Å². The SMILES string of the molecule is COC1(CN)CCCc2cc(F)ccc21. The van der Waals surface area contributed by atoms with Crippen LogP contribution in [0.4, 0.5) is 4.39 Å². The van der Waals surface area contributed by atoms with Gasteiger partial charge in [0.2, 0.25) is 0 Å². The Morgan fingerprint density at radius 2 is 2.33 bits per heavy atom. The smallest absolute Gasteiger partial charge is 0.123 e. The van der Waals surface area contributed by atoms with Crippen molar-refractivity contribution in [2.24, 2.45) is 5.73 Å². The number of fused-ring (bicyclic) bond motifs is 1. The molecular weight excluding hydrogens is 193 g/mol. The summed E-state index contributed by atoms with van der Waals surface area (Å²) in [4.78, 5) is 0. The minimum Gasteiger partial charge on any atom is -0.372 e. The summed E-state index contributed by atoms with van der Waals surface area (Å²) in [6.07, 6.45) is 2.83. The van der Waals surface area contributed by atoms with Crippen LogP contribution in [0.1, 0.15) is 24.0 Å². The monoisotopic (exact) mass is 209 g/mol. The highest BCUT2D eigenvalue weighted by Gasteiger charge is 2.35. The summed E-state index contributed by atoms with van der Waals surface area (Å²) in [5.74, 6) is -0.183. The predicted molar refractivity (Wildman–Crippen MR) is 57.1 cm³/mol. The van der Waals surface area contributed by atoms with E-state index >= 15 is 0 Å². The average Bonchev–Trinajstić information content (AvgIpc) is 2.27. The van der Waals surface area contributed by atoms with Gasteiger partial charge in [-0.1, -0.05) is 6.07 Å². The van der Waals surface area contributed by atoms with E-state index in [1.54, 1.807) is 19.2 Å². The van der Waals surface area contributed by atoms with Crippen LogP contribution in [0.15, 0.2) is 18.2 Å². The Hall–Kier alpha value is -0.930. The fraction of sp³-hybridized carbons (Fsp3) is 0.500. The van der Waals surface area contributed by atoms with Crippen LogP contribution in [0, 0.1) is 5.82 Å². The van der Waals surface area contributed by atoms with E-state index < -0.39 is 5.60 Å². The fourth-order valence-electron chi connectivity index (χ4n) is 2.42. The fourth-order valence-corrected chi connectivity index (χ4v) is 2.42. The Morgan fingerprint density at radius 1 is 1.53 bits per heavy atom. The third-order valence-corrected chi connectivity index (χ3v) is 3.31. The summed E-state index contributed by atoms with van der Waals surface area (Å²) < 4.78 is 18.6. The van der Waals surface area contributed by atoms with Crippen LogP contribution in [0.3, 0.4) is 0 Å². The summed E-state index contributed by atoms with van der Waals surface area (Å²) in [6, 6.07) is 4.88. The van der Waals surface area contributed by atoms with Crippen molar-refractivity contribution in [3.63, 3.8) is 0 Å². The van der Waals surface area contributed by atoms with Gasteiger partial charge in [-0.15, -0.1) is 0 Å². The van der Waals surface area contributed by atoms with Crippen molar-refractivity contribution in [2.45, 2.75) is 24.9 Å². The number of rotatable bonds is 2. The molecule has 0 bridgehead atoms. The molecule has 1 aliphatic rings. The Labute approximate surface area is 89.2 Å². The molecule has 1 aliphatic carbocycles. The number of methoxy groups -OCH3 is 1. The lowest BCUT2D eigenvalue weighted by atomic mass is 9.79. The molecule has 0 spiro atoms. The van der Waals surface area contributed by atoms with Gasteiger partial charge in [0, 0.05) is 13.7 Å². The Kier molecular flexibility index (Phi) is 2.76. The minimum atomic E-state index is -0.402. The molecule has 0 radical (unpaired) electrons. The first-order valence-electron chi connectivity index (χ1n) is 5.26. The molecule has 82 valence electrons. The summed E-state index contributed by atoms with van der Waals surface area (Å²) in [5, 5.41) is 0. The van der Waals surface area contributed by atoms with E-state index in [1.165, 1.54) is 6.07 Å². The lowest BCUT2D eigenvalue weighted by Gasteiger charge is -2.37. The van der Waals surface area contributed by atoms with Crippen molar-refractivity contribution in [1.82, 2.24) is 0 Å². The third kappa shape index (κ3) is 1.66. The standard InChI is InChI=1S/C12H16FNO/c1-15-12(8-14)6-2-3-9-7-10(13)4-5-11(9)12/h4-5,7H,2-3,6,8,14H2,1H3. The highest BCUT2D eigenvalue weighted by atomic mass is 19.1. The van der Waals surface area contributed by atoms with Gasteiger partial charge in [-0.2, -0.15) is 0 Å². The van der Waals surface area contributed by atoms with Crippen molar-refractivity contribution in [3.8, 4) is 0 Å². The molecule has 2 N–H and O–H groups in total. The lowest BCUT2D eigenvalue weighted by molar-refractivity contribution is -0.0212. The largest absolute Gasteiger partial charge is 0.372 e. The van der Waals surface area contributed by atoms with Gasteiger partial charge in [-0.25, -0.2) is 4.39 Å². The Morgan fingerprint density at radius 3 is 3.00 bits per heavy atom. The van der Waals surface area contributed by atoms with Crippen LogP contribution < -0.4 is 5.73 Å². The normalized spacial score (nSPS) is 25.0. The first-order valence-corrected chi connectivity index (χ1v) is 5.26. The van der Waals surface area contributed by atoms with Gasteiger partial charge in [0.05, 0.1) is 0 Å². The molecule has 1 unspecified atom stereocenters. The molecule has 0 fully saturated rings. The number of halogens is 1.